The Morgan fingerprint density at radius 1 is 1.18 bits per heavy atom. The molecule has 0 atom stereocenters. The summed E-state index contributed by atoms with van der Waals surface area (Å²) in [6.07, 6.45) is 0. The normalized spacial score (nSPS) is 10.8. The number of benzene rings is 1. The first kappa shape index (κ1) is 14.1. The molecule has 3 rings (SSSR count). The lowest BCUT2D eigenvalue weighted by atomic mass is 10.3. The van der Waals surface area contributed by atoms with Gasteiger partial charge in [0.05, 0.1) is 17.8 Å². The predicted molar refractivity (Wildman–Crippen MR) is 81.4 cm³/mol. The number of fused-ring (bicyclic) bond motifs is 1. The topological polar surface area (TPSA) is 85.6 Å². The van der Waals surface area contributed by atoms with E-state index in [2.05, 4.69) is 25.6 Å². The van der Waals surface area contributed by atoms with Gasteiger partial charge in [0.15, 0.2) is 0 Å². The van der Waals surface area contributed by atoms with Crippen molar-refractivity contribution in [3.63, 3.8) is 0 Å². The maximum absolute atomic E-state index is 12.1. The molecule has 0 fully saturated rings. The number of para-hydroxylation sites is 1. The van der Waals surface area contributed by atoms with Crippen molar-refractivity contribution < 1.29 is 4.79 Å². The van der Waals surface area contributed by atoms with Crippen LogP contribution >= 0.6 is 0 Å². The van der Waals surface area contributed by atoms with E-state index < -0.39 is 0 Å². The van der Waals surface area contributed by atoms with Gasteiger partial charge >= 0.3 is 0 Å². The molecule has 0 saturated heterocycles. The van der Waals surface area contributed by atoms with Crippen molar-refractivity contribution in [1.29, 1.82) is 0 Å². The van der Waals surface area contributed by atoms with E-state index in [0.717, 1.165) is 11.4 Å². The fourth-order valence-electron chi connectivity index (χ4n) is 2.23. The van der Waals surface area contributed by atoms with Crippen LogP contribution in [0.2, 0.25) is 0 Å². The highest BCUT2D eigenvalue weighted by Gasteiger charge is 2.10. The first-order valence-corrected chi connectivity index (χ1v) is 7.02. The molecule has 2 heterocycles. The maximum Gasteiger partial charge on any atom is 0.291 e. The summed E-state index contributed by atoms with van der Waals surface area (Å²) in [5, 5.41) is 15.0. The number of rotatable bonds is 4. The summed E-state index contributed by atoms with van der Waals surface area (Å²) in [7, 11) is 0. The van der Waals surface area contributed by atoms with Gasteiger partial charge in [0.2, 0.25) is 5.82 Å². The zero-order chi connectivity index (χ0) is 15.5. The molecule has 1 aromatic carbocycles. The van der Waals surface area contributed by atoms with Gasteiger partial charge in [0, 0.05) is 12.2 Å². The lowest BCUT2D eigenvalue weighted by molar-refractivity contribution is 0.0940. The largest absolute Gasteiger partial charge is 0.347 e. The Balaban J connectivity index is 1.64. The van der Waals surface area contributed by atoms with E-state index in [-0.39, 0.29) is 11.7 Å². The first-order chi connectivity index (χ1) is 10.6. The van der Waals surface area contributed by atoms with Crippen molar-refractivity contribution in [2.24, 2.45) is 0 Å². The summed E-state index contributed by atoms with van der Waals surface area (Å²) in [5.74, 6) is -0.258. The van der Waals surface area contributed by atoms with Crippen LogP contribution in [0.3, 0.4) is 0 Å². The molecule has 0 spiro atoms. The van der Waals surface area contributed by atoms with Crippen molar-refractivity contribution in [1.82, 2.24) is 30.3 Å². The third kappa shape index (κ3) is 2.93. The van der Waals surface area contributed by atoms with Gasteiger partial charge in [-0.05, 0) is 32.0 Å². The van der Waals surface area contributed by atoms with E-state index >= 15 is 0 Å². The number of nitrogens with one attached hydrogen (secondary N) is 1. The van der Waals surface area contributed by atoms with Crippen LogP contribution in [0.4, 0.5) is 0 Å². The molecule has 2 aromatic heterocycles. The zero-order valence-electron chi connectivity index (χ0n) is 12.4. The number of nitrogens with zero attached hydrogens (tertiary/aromatic N) is 5. The average molecular weight is 296 g/mol. The Bertz CT molecular complexity index is 826. The number of aryl methyl sites for hydroxylation is 2. The summed E-state index contributed by atoms with van der Waals surface area (Å²) in [6.45, 7) is 4.98. The average Bonchev–Trinajstić information content (AvgIpc) is 2.84. The van der Waals surface area contributed by atoms with Crippen LogP contribution < -0.4 is 5.32 Å². The van der Waals surface area contributed by atoms with Gasteiger partial charge in [-0.2, -0.15) is 5.10 Å². The molecule has 7 nitrogen and oxygen atoms in total. The molecular formula is C15H16N6O. The predicted octanol–water partition coefficient (Wildman–Crippen LogP) is 1.27. The molecular weight excluding hydrogens is 280 g/mol. The van der Waals surface area contributed by atoms with Crippen LogP contribution in [0.5, 0.6) is 0 Å². The summed E-state index contributed by atoms with van der Waals surface area (Å²) < 4.78 is 1.86. The molecule has 0 aliphatic rings. The van der Waals surface area contributed by atoms with Crippen molar-refractivity contribution in [2.45, 2.75) is 20.4 Å². The fraction of sp³-hybridized carbons (Fsp3) is 0.267. The van der Waals surface area contributed by atoms with E-state index in [1.165, 1.54) is 0 Å². The molecule has 1 N–H and O–H groups in total. The quantitative estimate of drug-likeness (QED) is 0.783. The van der Waals surface area contributed by atoms with Crippen LogP contribution in [0.25, 0.3) is 11.0 Å². The fourth-order valence-corrected chi connectivity index (χ4v) is 2.23. The summed E-state index contributed by atoms with van der Waals surface area (Å²) in [4.78, 5) is 16.3. The molecule has 0 unspecified atom stereocenters. The highest BCUT2D eigenvalue weighted by atomic mass is 16.2. The minimum Gasteiger partial charge on any atom is -0.347 e. The standard InChI is InChI=1S/C15H16N6O/c1-10-9-11(2)21(20-10)8-7-16-15(22)14-17-12-5-3-4-6-13(12)18-19-14/h3-6,9H,7-8H2,1-2H3,(H,16,22). The second-order valence-electron chi connectivity index (χ2n) is 5.03. The Morgan fingerprint density at radius 2 is 1.95 bits per heavy atom. The van der Waals surface area contributed by atoms with Crippen LogP contribution in [0.15, 0.2) is 30.3 Å². The number of carbonyl (C=O) groups is 1. The van der Waals surface area contributed by atoms with Crippen LogP contribution in [-0.4, -0.2) is 37.4 Å². The van der Waals surface area contributed by atoms with Crippen LogP contribution in [-0.2, 0) is 6.54 Å². The molecule has 3 aromatic rings. The number of carbonyl (C=O) groups excluding carboxylic acids is 1. The number of hydrogen-bond acceptors (Lipinski definition) is 5. The Hall–Kier alpha value is -2.83. The smallest absolute Gasteiger partial charge is 0.291 e. The Labute approximate surface area is 127 Å². The first-order valence-electron chi connectivity index (χ1n) is 7.02. The third-order valence-electron chi connectivity index (χ3n) is 3.28. The van der Waals surface area contributed by atoms with Gasteiger partial charge < -0.3 is 5.32 Å². The van der Waals surface area contributed by atoms with Gasteiger partial charge in [-0.1, -0.05) is 12.1 Å². The number of amides is 1. The molecule has 22 heavy (non-hydrogen) atoms. The lowest BCUT2D eigenvalue weighted by Crippen LogP contribution is -2.29. The minimum absolute atomic E-state index is 0.0760. The summed E-state index contributed by atoms with van der Waals surface area (Å²) in [6, 6.07) is 9.31. The second-order valence-corrected chi connectivity index (χ2v) is 5.03. The molecule has 0 aliphatic heterocycles. The van der Waals surface area contributed by atoms with Crippen molar-refractivity contribution in [2.75, 3.05) is 6.54 Å². The Morgan fingerprint density at radius 3 is 2.68 bits per heavy atom. The molecule has 0 aliphatic carbocycles. The van der Waals surface area contributed by atoms with Crippen molar-refractivity contribution in [3.05, 3.63) is 47.5 Å². The monoisotopic (exact) mass is 296 g/mol. The van der Waals surface area contributed by atoms with E-state index in [0.29, 0.717) is 24.1 Å². The molecule has 0 radical (unpaired) electrons. The van der Waals surface area contributed by atoms with Crippen LogP contribution in [0.1, 0.15) is 22.0 Å². The molecule has 1 amide bonds. The summed E-state index contributed by atoms with van der Waals surface area (Å²) in [5.41, 5.74) is 3.35. The van der Waals surface area contributed by atoms with Gasteiger partial charge in [-0.25, -0.2) is 4.98 Å². The highest BCUT2D eigenvalue weighted by molar-refractivity contribution is 5.91. The van der Waals surface area contributed by atoms with Gasteiger partial charge in [-0.3, -0.25) is 9.48 Å². The van der Waals surface area contributed by atoms with E-state index in [4.69, 9.17) is 0 Å². The SMILES string of the molecule is Cc1cc(C)n(CCNC(=O)c2nnc3ccccc3n2)n1. The number of aromatic nitrogens is 5. The second kappa shape index (κ2) is 5.88. The minimum atomic E-state index is -0.334. The van der Waals surface area contributed by atoms with E-state index in [1.807, 2.05) is 36.7 Å². The Kier molecular flexibility index (Phi) is 3.78. The van der Waals surface area contributed by atoms with Crippen molar-refractivity contribution in [3.8, 4) is 0 Å². The van der Waals surface area contributed by atoms with Gasteiger partial charge in [0.25, 0.3) is 5.91 Å². The van der Waals surface area contributed by atoms with E-state index in [9.17, 15) is 4.79 Å². The van der Waals surface area contributed by atoms with Gasteiger partial charge in [-0.15, -0.1) is 10.2 Å². The molecule has 0 saturated carbocycles. The van der Waals surface area contributed by atoms with Crippen LogP contribution in [0, 0.1) is 13.8 Å². The molecule has 0 bridgehead atoms. The maximum atomic E-state index is 12.1. The summed E-state index contributed by atoms with van der Waals surface area (Å²) >= 11 is 0. The molecule has 112 valence electrons. The van der Waals surface area contributed by atoms with Gasteiger partial charge in [0.1, 0.15) is 5.52 Å². The lowest BCUT2D eigenvalue weighted by Gasteiger charge is -2.06. The zero-order valence-corrected chi connectivity index (χ0v) is 12.4. The third-order valence-corrected chi connectivity index (χ3v) is 3.28. The number of hydrogen-bond donors (Lipinski definition) is 1. The molecule has 7 heteroatoms. The van der Waals surface area contributed by atoms with E-state index in [1.54, 1.807) is 12.1 Å². The highest BCUT2D eigenvalue weighted by Crippen LogP contribution is 2.06. The van der Waals surface area contributed by atoms with Crippen molar-refractivity contribution >= 4 is 16.9 Å².